The van der Waals surface area contributed by atoms with Crippen molar-refractivity contribution in [2.45, 2.75) is 18.9 Å². The summed E-state index contributed by atoms with van der Waals surface area (Å²) in [5, 5.41) is 6.92. The minimum absolute atomic E-state index is 0.449. The SMILES string of the molecule is COCCNCC(C)NCC1COc2ccccc21. The van der Waals surface area contributed by atoms with Crippen LogP contribution in [0.2, 0.25) is 0 Å². The zero-order valence-electron chi connectivity index (χ0n) is 11.8. The fourth-order valence-electron chi connectivity index (χ4n) is 2.31. The van der Waals surface area contributed by atoms with Gasteiger partial charge in [0.2, 0.25) is 0 Å². The van der Waals surface area contributed by atoms with Gasteiger partial charge in [-0.3, -0.25) is 0 Å². The fraction of sp³-hybridized carbons (Fsp3) is 0.600. The number of hydrogen-bond acceptors (Lipinski definition) is 4. The van der Waals surface area contributed by atoms with Crippen LogP contribution in [0.1, 0.15) is 18.4 Å². The number of ether oxygens (including phenoxy) is 2. The lowest BCUT2D eigenvalue weighted by Crippen LogP contribution is -2.39. The lowest BCUT2D eigenvalue weighted by Gasteiger charge is -2.17. The lowest BCUT2D eigenvalue weighted by atomic mass is 10.0. The van der Waals surface area contributed by atoms with Crippen LogP contribution in [0.3, 0.4) is 0 Å². The molecule has 2 unspecified atom stereocenters. The average molecular weight is 264 g/mol. The van der Waals surface area contributed by atoms with Gasteiger partial charge in [0.1, 0.15) is 5.75 Å². The molecule has 2 rings (SSSR count). The van der Waals surface area contributed by atoms with Crippen LogP contribution < -0.4 is 15.4 Å². The average Bonchev–Trinajstić information content (AvgIpc) is 2.85. The Kier molecular flexibility index (Phi) is 5.63. The van der Waals surface area contributed by atoms with E-state index >= 15 is 0 Å². The molecule has 2 atom stereocenters. The fourth-order valence-corrected chi connectivity index (χ4v) is 2.31. The van der Waals surface area contributed by atoms with Crippen molar-refractivity contribution < 1.29 is 9.47 Å². The summed E-state index contributed by atoms with van der Waals surface area (Å²) in [6.45, 7) is 6.56. The van der Waals surface area contributed by atoms with Crippen molar-refractivity contribution in [3.63, 3.8) is 0 Å². The molecule has 1 aliphatic rings. The van der Waals surface area contributed by atoms with Gasteiger partial charge in [0.15, 0.2) is 0 Å². The Morgan fingerprint density at radius 3 is 3.11 bits per heavy atom. The molecule has 4 heteroatoms. The van der Waals surface area contributed by atoms with Crippen molar-refractivity contribution in [1.29, 1.82) is 0 Å². The van der Waals surface area contributed by atoms with E-state index in [1.165, 1.54) is 5.56 Å². The molecule has 1 aliphatic heterocycles. The number of hydrogen-bond donors (Lipinski definition) is 2. The van der Waals surface area contributed by atoms with Gasteiger partial charge < -0.3 is 20.1 Å². The van der Waals surface area contributed by atoms with Crippen LogP contribution in [0.25, 0.3) is 0 Å². The predicted molar refractivity (Wildman–Crippen MR) is 76.9 cm³/mol. The van der Waals surface area contributed by atoms with Crippen LogP contribution in [0, 0.1) is 0 Å². The van der Waals surface area contributed by atoms with Crippen LogP contribution in [-0.2, 0) is 4.74 Å². The van der Waals surface area contributed by atoms with Gasteiger partial charge in [-0.1, -0.05) is 18.2 Å². The second kappa shape index (κ2) is 7.48. The molecule has 0 fully saturated rings. The van der Waals surface area contributed by atoms with E-state index in [9.17, 15) is 0 Å². The minimum atomic E-state index is 0.449. The maximum Gasteiger partial charge on any atom is 0.122 e. The molecule has 106 valence electrons. The number of nitrogens with one attached hydrogen (secondary N) is 2. The zero-order chi connectivity index (χ0) is 13.5. The second-order valence-electron chi connectivity index (χ2n) is 5.05. The maximum absolute atomic E-state index is 5.68. The first-order valence-electron chi connectivity index (χ1n) is 6.96. The highest BCUT2D eigenvalue weighted by atomic mass is 16.5. The zero-order valence-corrected chi connectivity index (χ0v) is 11.8. The van der Waals surface area contributed by atoms with Gasteiger partial charge in [-0.2, -0.15) is 0 Å². The summed E-state index contributed by atoms with van der Waals surface area (Å²) >= 11 is 0. The summed E-state index contributed by atoms with van der Waals surface area (Å²) in [6.07, 6.45) is 0. The van der Waals surface area contributed by atoms with Crippen LogP contribution in [0.5, 0.6) is 5.75 Å². The van der Waals surface area contributed by atoms with E-state index in [0.29, 0.717) is 12.0 Å². The summed E-state index contributed by atoms with van der Waals surface area (Å²) in [5.74, 6) is 1.51. The molecule has 0 saturated carbocycles. The van der Waals surface area contributed by atoms with Gasteiger partial charge in [-0.05, 0) is 13.0 Å². The smallest absolute Gasteiger partial charge is 0.122 e. The summed E-state index contributed by atoms with van der Waals surface area (Å²) in [5.41, 5.74) is 1.33. The molecule has 19 heavy (non-hydrogen) atoms. The first-order valence-corrected chi connectivity index (χ1v) is 6.96. The topological polar surface area (TPSA) is 42.5 Å². The highest BCUT2D eigenvalue weighted by Crippen LogP contribution is 2.32. The van der Waals surface area contributed by atoms with Crippen molar-refractivity contribution >= 4 is 0 Å². The summed E-state index contributed by atoms with van der Waals surface area (Å²) in [6, 6.07) is 8.76. The van der Waals surface area contributed by atoms with Crippen molar-refractivity contribution in [3.8, 4) is 5.75 Å². The quantitative estimate of drug-likeness (QED) is 0.696. The van der Waals surface area contributed by atoms with Gasteiger partial charge in [-0.25, -0.2) is 0 Å². The van der Waals surface area contributed by atoms with E-state index in [-0.39, 0.29) is 0 Å². The Morgan fingerprint density at radius 1 is 1.42 bits per heavy atom. The number of para-hydroxylation sites is 1. The number of benzene rings is 1. The maximum atomic E-state index is 5.68. The van der Waals surface area contributed by atoms with Crippen molar-refractivity contribution in [2.24, 2.45) is 0 Å². The van der Waals surface area contributed by atoms with Gasteiger partial charge >= 0.3 is 0 Å². The van der Waals surface area contributed by atoms with E-state index in [0.717, 1.165) is 38.6 Å². The van der Waals surface area contributed by atoms with Gasteiger partial charge in [0.25, 0.3) is 0 Å². The Bertz CT molecular complexity index is 384. The molecule has 0 saturated heterocycles. The standard InChI is InChI=1S/C15H24N2O2/c1-12(9-16-7-8-18-2)17-10-13-11-19-15-6-4-3-5-14(13)15/h3-6,12-13,16-17H,7-11H2,1-2H3. The molecule has 0 spiro atoms. The van der Waals surface area contributed by atoms with Gasteiger partial charge in [-0.15, -0.1) is 0 Å². The molecular weight excluding hydrogens is 240 g/mol. The first-order chi connectivity index (χ1) is 9.31. The largest absolute Gasteiger partial charge is 0.493 e. The highest BCUT2D eigenvalue weighted by molar-refractivity contribution is 5.39. The molecule has 0 aromatic heterocycles. The van der Waals surface area contributed by atoms with Crippen LogP contribution in [0.4, 0.5) is 0 Å². The van der Waals surface area contributed by atoms with E-state index in [1.54, 1.807) is 7.11 Å². The number of rotatable bonds is 8. The Labute approximate surface area is 115 Å². The van der Waals surface area contributed by atoms with E-state index < -0.39 is 0 Å². The molecule has 0 bridgehead atoms. The van der Waals surface area contributed by atoms with Crippen LogP contribution in [0.15, 0.2) is 24.3 Å². The third-order valence-electron chi connectivity index (χ3n) is 3.45. The third-order valence-corrected chi connectivity index (χ3v) is 3.45. The molecule has 2 N–H and O–H groups in total. The van der Waals surface area contributed by atoms with Gasteiger partial charge in [0.05, 0.1) is 13.2 Å². The van der Waals surface area contributed by atoms with Crippen molar-refractivity contribution in [2.75, 3.05) is 40.0 Å². The van der Waals surface area contributed by atoms with Crippen molar-refractivity contribution in [3.05, 3.63) is 29.8 Å². The van der Waals surface area contributed by atoms with E-state index in [4.69, 9.17) is 9.47 Å². The third kappa shape index (κ3) is 4.20. The van der Waals surface area contributed by atoms with E-state index in [2.05, 4.69) is 29.7 Å². The number of methoxy groups -OCH3 is 1. The molecular formula is C15H24N2O2. The highest BCUT2D eigenvalue weighted by Gasteiger charge is 2.23. The molecule has 0 aliphatic carbocycles. The normalized spacial score (nSPS) is 18.9. The monoisotopic (exact) mass is 264 g/mol. The number of fused-ring (bicyclic) bond motifs is 1. The Hall–Kier alpha value is -1.10. The first kappa shape index (κ1) is 14.3. The van der Waals surface area contributed by atoms with Crippen LogP contribution >= 0.6 is 0 Å². The summed E-state index contributed by atoms with van der Waals surface area (Å²) < 4.78 is 10.7. The molecule has 1 aromatic carbocycles. The predicted octanol–water partition coefficient (Wildman–Crippen LogP) is 1.38. The molecule has 0 radical (unpaired) electrons. The summed E-state index contributed by atoms with van der Waals surface area (Å²) in [7, 11) is 1.72. The molecule has 0 amide bonds. The van der Waals surface area contributed by atoms with E-state index in [1.807, 2.05) is 12.1 Å². The minimum Gasteiger partial charge on any atom is -0.493 e. The van der Waals surface area contributed by atoms with Gasteiger partial charge in [0, 0.05) is 44.3 Å². The summed E-state index contributed by atoms with van der Waals surface area (Å²) in [4.78, 5) is 0. The molecule has 1 heterocycles. The van der Waals surface area contributed by atoms with Crippen molar-refractivity contribution in [1.82, 2.24) is 10.6 Å². The molecule has 4 nitrogen and oxygen atoms in total. The van der Waals surface area contributed by atoms with Crippen LogP contribution in [-0.4, -0.2) is 46.0 Å². The lowest BCUT2D eigenvalue weighted by molar-refractivity contribution is 0.198. The second-order valence-corrected chi connectivity index (χ2v) is 5.05. The molecule has 1 aromatic rings. The Morgan fingerprint density at radius 2 is 2.26 bits per heavy atom. The Balaban J connectivity index is 1.69.